The average molecular weight is 447 g/mol. The number of rotatable bonds is 4. The highest BCUT2D eigenvalue weighted by atomic mass is 16.6. The number of allylic oxidation sites excluding steroid dienone is 1. The summed E-state index contributed by atoms with van der Waals surface area (Å²) in [7, 11) is 0. The van der Waals surface area contributed by atoms with E-state index in [0.29, 0.717) is 32.5 Å². The third-order valence-electron chi connectivity index (χ3n) is 6.97. The fraction of sp³-hybridized carbons (Fsp3) is 0.708. The molecule has 2 fully saturated rings. The van der Waals surface area contributed by atoms with Crippen LogP contribution in [0.25, 0.3) is 0 Å². The van der Waals surface area contributed by atoms with Crippen molar-refractivity contribution in [2.75, 3.05) is 26.3 Å². The highest BCUT2D eigenvalue weighted by Crippen LogP contribution is 2.53. The zero-order chi connectivity index (χ0) is 23.1. The maximum absolute atomic E-state index is 13.9. The molecule has 4 heterocycles. The summed E-state index contributed by atoms with van der Waals surface area (Å²) >= 11 is 0. The van der Waals surface area contributed by atoms with E-state index >= 15 is 0 Å². The Bertz CT molecular complexity index is 831. The summed E-state index contributed by atoms with van der Waals surface area (Å²) in [6.07, 6.45) is 9.52. The van der Waals surface area contributed by atoms with Gasteiger partial charge in [0.05, 0.1) is 18.6 Å². The van der Waals surface area contributed by atoms with Crippen LogP contribution in [0.1, 0.15) is 46.5 Å². The number of likely N-dealkylation sites (tertiary alicyclic amines) is 1. The number of esters is 1. The van der Waals surface area contributed by atoms with Crippen LogP contribution in [0.3, 0.4) is 0 Å². The first kappa shape index (κ1) is 23.0. The molecule has 2 amide bonds. The first-order chi connectivity index (χ1) is 15.2. The Morgan fingerprint density at radius 3 is 2.66 bits per heavy atom. The summed E-state index contributed by atoms with van der Waals surface area (Å²) in [6, 6.07) is -0.853. The first-order valence-electron chi connectivity index (χ1n) is 11.6. The Morgan fingerprint density at radius 1 is 1.16 bits per heavy atom. The highest BCUT2D eigenvalue weighted by molar-refractivity contribution is 5.99. The predicted octanol–water partition coefficient (Wildman–Crippen LogP) is 1.43. The van der Waals surface area contributed by atoms with Crippen LogP contribution in [0.4, 0.5) is 0 Å². The van der Waals surface area contributed by atoms with Crippen molar-refractivity contribution >= 4 is 17.8 Å². The SMILES string of the molecule is CC(C)(C)N1CC=C[C@]23O[C@H]4/C=C\CCCOC(=O)[C@H]4[C@H]2C(=O)N(CCCCO)C3C1=O. The van der Waals surface area contributed by atoms with Gasteiger partial charge in [0.2, 0.25) is 11.8 Å². The Kier molecular flexibility index (Phi) is 6.20. The molecule has 0 bridgehead atoms. The van der Waals surface area contributed by atoms with Gasteiger partial charge in [0, 0.05) is 25.2 Å². The molecular formula is C24H34N2O6. The van der Waals surface area contributed by atoms with E-state index in [2.05, 4.69) is 0 Å². The van der Waals surface area contributed by atoms with Crippen LogP contribution in [0.15, 0.2) is 24.3 Å². The van der Waals surface area contributed by atoms with Gasteiger partial charge in [-0.25, -0.2) is 0 Å². The lowest BCUT2D eigenvalue weighted by Gasteiger charge is -2.40. The standard InChI is InChI=1S/C24H34N2O6/c1-23(2,3)26-13-9-11-24-18(17-16(32-24)10-5-4-8-15-31-22(17)30)20(28)25(12-6-7-14-27)19(24)21(26)29/h5,9-11,16-19,27H,4,6-8,12-15H2,1-3H3/b10-5-/t16-,17+,18-,19?,24-/m0/s1. The molecule has 2 saturated heterocycles. The zero-order valence-corrected chi connectivity index (χ0v) is 19.2. The van der Waals surface area contributed by atoms with Gasteiger partial charge in [0.25, 0.3) is 0 Å². The van der Waals surface area contributed by atoms with E-state index in [1.165, 1.54) is 0 Å². The van der Waals surface area contributed by atoms with Crippen LogP contribution < -0.4 is 0 Å². The molecule has 4 aliphatic heterocycles. The number of hydrogen-bond acceptors (Lipinski definition) is 6. The topological polar surface area (TPSA) is 96.4 Å². The zero-order valence-electron chi connectivity index (χ0n) is 19.2. The third-order valence-corrected chi connectivity index (χ3v) is 6.97. The van der Waals surface area contributed by atoms with Crippen LogP contribution in [0.2, 0.25) is 0 Å². The molecule has 1 spiro atoms. The van der Waals surface area contributed by atoms with Gasteiger partial charge in [0.1, 0.15) is 17.6 Å². The second kappa shape index (κ2) is 8.63. The Hall–Kier alpha value is -2.19. The highest BCUT2D eigenvalue weighted by Gasteiger charge is 2.71. The number of ether oxygens (including phenoxy) is 2. The molecule has 5 atom stereocenters. The Morgan fingerprint density at radius 2 is 1.94 bits per heavy atom. The van der Waals surface area contributed by atoms with Crippen molar-refractivity contribution < 1.29 is 29.0 Å². The largest absolute Gasteiger partial charge is 0.465 e. The first-order valence-corrected chi connectivity index (χ1v) is 11.6. The average Bonchev–Trinajstić information content (AvgIpc) is 3.12. The molecule has 0 aliphatic carbocycles. The van der Waals surface area contributed by atoms with Gasteiger partial charge < -0.3 is 24.4 Å². The van der Waals surface area contributed by atoms with Gasteiger partial charge >= 0.3 is 5.97 Å². The van der Waals surface area contributed by atoms with Gasteiger partial charge in [-0.3, -0.25) is 14.4 Å². The fourth-order valence-electron chi connectivity index (χ4n) is 5.49. The van der Waals surface area contributed by atoms with E-state index in [1.54, 1.807) is 9.80 Å². The maximum atomic E-state index is 13.9. The summed E-state index contributed by atoms with van der Waals surface area (Å²) < 4.78 is 12.0. The summed E-state index contributed by atoms with van der Waals surface area (Å²) in [4.78, 5) is 44.1. The molecule has 0 radical (unpaired) electrons. The lowest BCUT2D eigenvalue weighted by Crippen LogP contribution is -2.58. The number of aliphatic hydroxyl groups excluding tert-OH is 1. The number of unbranched alkanes of at least 4 members (excludes halogenated alkanes) is 1. The lowest BCUT2D eigenvalue weighted by molar-refractivity contribution is -0.155. The molecule has 8 nitrogen and oxygen atoms in total. The van der Waals surface area contributed by atoms with Gasteiger partial charge in [-0.1, -0.05) is 24.3 Å². The predicted molar refractivity (Wildman–Crippen MR) is 116 cm³/mol. The van der Waals surface area contributed by atoms with E-state index in [4.69, 9.17) is 9.47 Å². The van der Waals surface area contributed by atoms with Crippen molar-refractivity contribution in [1.29, 1.82) is 0 Å². The normalized spacial score (nSPS) is 35.9. The second-order valence-electron chi connectivity index (χ2n) is 10.1. The van der Waals surface area contributed by atoms with Crippen molar-refractivity contribution in [3.05, 3.63) is 24.3 Å². The van der Waals surface area contributed by atoms with Gasteiger partial charge in [-0.05, 0) is 46.5 Å². The monoisotopic (exact) mass is 446 g/mol. The van der Waals surface area contributed by atoms with Crippen LogP contribution in [0.5, 0.6) is 0 Å². The quantitative estimate of drug-likeness (QED) is 0.399. The van der Waals surface area contributed by atoms with Crippen molar-refractivity contribution in [1.82, 2.24) is 9.80 Å². The van der Waals surface area contributed by atoms with Crippen molar-refractivity contribution in [2.24, 2.45) is 11.8 Å². The number of fused-ring (bicyclic) bond motifs is 2. The van der Waals surface area contributed by atoms with E-state index in [1.807, 2.05) is 45.1 Å². The number of aliphatic hydroxyl groups is 1. The number of nitrogens with zero attached hydrogens (tertiary/aromatic N) is 2. The molecule has 0 aromatic heterocycles. The van der Waals surface area contributed by atoms with E-state index in [-0.39, 0.29) is 18.4 Å². The smallest absolute Gasteiger partial charge is 0.312 e. The molecule has 1 unspecified atom stereocenters. The van der Waals surface area contributed by atoms with Gasteiger partial charge in [-0.15, -0.1) is 0 Å². The number of hydrogen-bond donors (Lipinski definition) is 1. The number of cyclic esters (lactones) is 1. The summed E-state index contributed by atoms with van der Waals surface area (Å²) in [6.45, 7) is 6.95. The summed E-state index contributed by atoms with van der Waals surface area (Å²) in [5, 5.41) is 9.23. The lowest BCUT2D eigenvalue weighted by atomic mass is 9.78. The number of carbonyl (C=O) groups is 3. The molecule has 4 rings (SSSR count). The molecule has 8 heteroatoms. The Labute approximate surface area is 189 Å². The van der Waals surface area contributed by atoms with E-state index < -0.39 is 41.1 Å². The van der Waals surface area contributed by atoms with Crippen LogP contribution in [-0.4, -0.2) is 82.3 Å². The van der Waals surface area contributed by atoms with E-state index in [0.717, 1.165) is 12.8 Å². The molecule has 176 valence electrons. The molecule has 0 aromatic carbocycles. The summed E-state index contributed by atoms with van der Waals surface area (Å²) in [5.41, 5.74) is -1.66. The van der Waals surface area contributed by atoms with Gasteiger partial charge in [-0.2, -0.15) is 0 Å². The van der Waals surface area contributed by atoms with Crippen molar-refractivity contribution in [3.63, 3.8) is 0 Å². The fourth-order valence-corrected chi connectivity index (χ4v) is 5.49. The minimum atomic E-state index is -1.22. The number of carbonyl (C=O) groups excluding carboxylic acids is 3. The second-order valence-corrected chi connectivity index (χ2v) is 10.1. The minimum absolute atomic E-state index is 0.0154. The third kappa shape index (κ3) is 3.67. The van der Waals surface area contributed by atoms with Crippen LogP contribution in [-0.2, 0) is 23.9 Å². The molecule has 32 heavy (non-hydrogen) atoms. The summed E-state index contributed by atoms with van der Waals surface area (Å²) in [5.74, 6) is -2.47. The van der Waals surface area contributed by atoms with E-state index in [9.17, 15) is 19.5 Å². The molecule has 1 N–H and O–H groups in total. The molecular weight excluding hydrogens is 412 g/mol. The maximum Gasteiger partial charge on any atom is 0.312 e. The van der Waals surface area contributed by atoms with Crippen LogP contribution in [0, 0.1) is 11.8 Å². The van der Waals surface area contributed by atoms with Crippen LogP contribution >= 0.6 is 0 Å². The van der Waals surface area contributed by atoms with Crippen molar-refractivity contribution in [3.8, 4) is 0 Å². The van der Waals surface area contributed by atoms with Gasteiger partial charge in [0.15, 0.2) is 0 Å². The van der Waals surface area contributed by atoms with Crippen molar-refractivity contribution in [2.45, 2.75) is 69.7 Å². The molecule has 0 saturated carbocycles. The minimum Gasteiger partial charge on any atom is -0.465 e. The number of amides is 2. The molecule has 4 aliphatic rings. The molecule has 0 aromatic rings. The Balaban J connectivity index is 1.80.